The van der Waals surface area contributed by atoms with Crippen LogP contribution in [0.4, 0.5) is 4.39 Å². The minimum absolute atomic E-state index is 0.216. The van der Waals surface area contributed by atoms with Crippen LogP contribution < -0.4 is 5.32 Å². The van der Waals surface area contributed by atoms with Crippen molar-refractivity contribution in [2.75, 3.05) is 6.54 Å². The van der Waals surface area contributed by atoms with Gasteiger partial charge in [0.05, 0.1) is 11.4 Å². The van der Waals surface area contributed by atoms with E-state index in [9.17, 15) is 4.39 Å². The van der Waals surface area contributed by atoms with E-state index in [1.54, 1.807) is 12.1 Å². The number of nitrogens with zero attached hydrogens (tertiary/aromatic N) is 2. The molecule has 0 spiro atoms. The van der Waals surface area contributed by atoms with Crippen molar-refractivity contribution in [1.82, 2.24) is 15.1 Å². The first-order valence-corrected chi connectivity index (χ1v) is 7.62. The van der Waals surface area contributed by atoms with E-state index in [0.717, 1.165) is 42.0 Å². The van der Waals surface area contributed by atoms with E-state index >= 15 is 0 Å². The van der Waals surface area contributed by atoms with Gasteiger partial charge < -0.3 is 5.32 Å². The van der Waals surface area contributed by atoms with Crippen molar-refractivity contribution in [2.45, 2.75) is 47.1 Å². The van der Waals surface area contributed by atoms with Gasteiger partial charge in [-0.15, -0.1) is 0 Å². The number of aryl methyl sites for hydroxylation is 1. The van der Waals surface area contributed by atoms with Gasteiger partial charge in [-0.2, -0.15) is 5.10 Å². The van der Waals surface area contributed by atoms with E-state index in [2.05, 4.69) is 24.3 Å². The average Bonchev–Trinajstić information content (AvgIpc) is 2.73. The summed E-state index contributed by atoms with van der Waals surface area (Å²) in [5, 5.41) is 7.86. The standard InChI is InChI=1S/C17H24FN3/c1-5-7-19-11-14-8-15(18)10-16(9-14)21-13(4)17(6-2)12(3)20-21/h8-10,19H,5-7,11H2,1-4H3. The van der Waals surface area contributed by atoms with E-state index in [-0.39, 0.29) is 5.82 Å². The van der Waals surface area contributed by atoms with Crippen molar-refractivity contribution in [3.8, 4) is 5.69 Å². The van der Waals surface area contributed by atoms with Gasteiger partial charge in [0.1, 0.15) is 5.82 Å². The Labute approximate surface area is 126 Å². The van der Waals surface area contributed by atoms with E-state index in [0.29, 0.717) is 6.54 Å². The highest BCUT2D eigenvalue weighted by molar-refractivity contribution is 5.40. The Balaban J connectivity index is 2.35. The maximum Gasteiger partial charge on any atom is 0.125 e. The highest BCUT2D eigenvalue weighted by atomic mass is 19.1. The summed E-state index contributed by atoms with van der Waals surface area (Å²) < 4.78 is 15.7. The molecule has 0 saturated heterocycles. The largest absolute Gasteiger partial charge is 0.313 e. The Morgan fingerprint density at radius 3 is 2.57 bits per heavy atom. The van der Waals surface area contributed by atoms with Crippen LogP contribution in [0.15, 0.2) is 18.2 Å². The fourth-order valence-corrected chi connectivity index (χ4v) is 2.71. The molecule has 4 heteroatoms. The van der Waals surface area contributed by atoms with E-state index < -0.39 is 0 Å². The Hall–Kier alpha value is -1.68. The number of aromatic nitrogens is 2. The summed E-state index contributed by atoms with van der Waals surface area (Å²) in [7, 11) is 0. The van der Waals surface area contributed by atoms with Crippen LogP contribution in [0.25, 0.3) is 5.69 Å². The van der Waals surface area contributed by atoms with E-state index in [1.807, 2.05) is 24.6 Å². The highest BCUT2D eigenvalue weighted by Gasteiger charge is 2.12. The van der Waals surface area contributed by atoms with Gasteiger partial charge in [-0.05, 0) is 62.6 Å². The Bertz CT molecular complexity index is 617. The molecule has 0 aliphatic heterocycles. The first-order chi connectivity index (χ1) is 10.1. The van der Waals surface area contributed by atoms with Crippen LogP contribution in [0.1, 0.15) is 42.8 Å². The molecule has 0 aliphatic rings. The molecule has 0 unspecified atom stereocenters. The monoisotopic (exact) mass is 289 g/mol. The molecule has 2 aromatic rings. The Kier molecular flexibility index (Phi) is 5.12. The molecule has 0 amide bonds. The second kappa shape index (κ2) is 6.85. The van der Waals surface area contributed by atoms with Crippen LogP contribution in [0, 0.1) is 19.7 Å². The van der Waals surface area contributed by atoms with Gasteiger partial charge in [0.15, 0.2) is 0 Å². The molecule has 0 fully saturated rings. The van der Waals surface area contributed by atoms with Crippen LogP contribution >= 0.6 is 0 Å². The molecule has 0 bridgehead atoms. The van der Waals surface area contributed by atoms with Gasteiger partial charge in [0.2, 0.25) is 0 Å². The highest BCUT2D eigenvalue weighted by Crippen LogP contribution is 2.20. The minimum atomic E-state index is -0.216. The summed E-state index contributed by atoms with van der Waals surface area (Å²) in [5.41, 5.74) is 5.09. The second-order valence-corrected chi connectivity index (χ2v) is 5.41. The zero-order valence-electron chi connectivity index (χ0n) is 13.3. The predicted octanol–water partition coefficient (Wildman–Crippen LogP) is 3.69. The number of benzene rings is 1. The quantitative estimate of drug-likeness (QED) is 0.822. The lowest BCUT2D eigenvalue weighted by molar-refractivity contribution is 0.616. The molecule has 3 nitrogen and oxygen atoms in total. The van der Waals surface area contributed by atoms with Crippen LogP contribution in [0.5, 0.6) is 0 Å². The zero-order valence-corrected chi connectivity index (χ0v) is 13.3. The molecular formula is C17H24FN3. The average molecular weight is 289 g/mol. The molecular weight excluding hydrogens is 265 g/mol. The zero-order chi connectivity index (χ0) is 15.4. The van der Waals surface area contributed by atoms with Crippen molar-refractivity contribution in [3.05, 3.63) is 46.5 Å². The van der Waals surface area contributed by atoms with Crippen molar-refractivity contribution < 1.29 is 4.39 Å². The van der Waals surface area contributed by atoms with Crippen LogP contribution in [-0.2, 0) is 13.0 Å². The Morgan fingerprint density at radius 2 is 1.95 bits per heavy atom. The lowest BCUT2D eigenvalue weighted by atomic mass is 10.1. The molecule has 0 atom stereocenters. The van der Waals surface area contributed by atoms with Gasteiger partial charge in [0.25, 0.3) is 0 Å². The minimum Gasteiger partial charge on any atom is -0.313 e. The molecule has 1 N–H and O–H groups in total. The van der Waals surface area contributed by atoms with Gasteiger partial charge in [-0.25, -0.2) is 9.07 Å². The van der Waals surface area contributed by atoms with Crippen molar-refractivity contribution in [1.29, 1.82) is 0 Å². The first kappa shape index (κ1) is 15.7. The second-order valence-electron chi connectivity index (χ2n) is 5.41. The van der Waals surface area contributed by atoms with Gasteiger partial charge in [-0.1, -0.05) is 13.8 Å². The normalized spacial score (nSPS) is 11.1. The van der Waals surface area contributed by atoms with Crippen LogP contribution in [0.2, 0.25) is 0 Å². The number of rotatable bonds is 6. The third-order valence-corrected chi connectivity index (χ3v) is 3.74. The molecule has 0 radical (unpaired) electrons. The summed E-state index contributed by atoms with van der Waals surface area (Å²) in [5.74, 6) is -0.216. The van der Waals surface area contributed by atoms with Crippen molar-refractivity contribution >= 4 is 0 Å². The maximum absolute atomic E-state index is 13.9. The smallest absolute Gasteiger partial charge is 0.125 e. The van der Waals surface area contributed by atoms with Crippen molar-refractivity contribution in [2.24, 2.45) is 0 Å². The maximum atomic E-state index is 13.9. The molecule has 1 heterocycles. The number of hydrogen-bond acceptors (Lipinski definition) is 2. The fraction of sp³-hybridized carbons (Fsp3) is 0.471. The molecule has 1 aromatic heterocycles. The molecule has 21 heavy (non-hydrogen) atoms. The molecule has 114 valence electrons. The van der Waals surface area contributed by atoms with Crippen LogP contribution in [0.3, 0.4) is 0 Å². The van der Waals surface area contributed by atoms with Crippen LogP contribution in [-0.4, -0.2) is 16.3 Å². The summed E-state index contributed by atoms with van der Waals surface area (Å²) in [6.07, 6.45) is 2.01. The van der Waals surface area contributed by atoms with Gasteiger partial charge >= 0.3 is 0 Å². The van der Waals surface area contributed by atoms with Gasteiger partial charge in [-0.3, -0.25) is 0 Å². The third-order valence-electron chi connectivity index (χ3n) is 3.74. The molecule has 0 saturated carbocycles. The molecule has 2 rings (SSSR count). The molecule has 1 aromatic carbocycles. The number of nitrogens with one attached hydrogen (secondary N) is 1. The fourth-order valence-electron chi connectivity index (χ4n) is 2.71. The van der Waals surface area contributed by atoms with E-state index in [4.69, 9.17) is 0 Å². The summed E-state index contributed by atoms with van der Waals surface area (Å²) in [6.45, 7) is 9.90. The lowest BCUT2D eigenvalue weighted by Gasteiger charge is -2.09. The third kappa shape index (κ3) is 3.50. The number of halogens is 1. The summed E-state index contributed by atoms with van der Waals surface area (Å²) in [4.78, 5) is 0. The SMILES string of the molecule is CCCNCc1cc(F)cc(-n2nc(C)c(CC)c2C)c1. The Morgan fingerprint density at radius 1 is 1.19 bits per heavy atom. The topological polar surface area (TPSA) is 29.9 Å². The van der Waals surface area contributed by atoms with Gasteiger partial charge in [0, 0.05) is 12.2 Å². The predicted molar refractivity (Wildman–Crippen MR) is 84.4 cm³/mol. The van der Waals surface area contributed by atoms with Crippen molar-refractivity contribution in [3.63, 3.8) is 0 Å². The summed E-state index contributed by atoms with van der Waals surface area (Å²) >= 11 is 0. The van der Waals surface area contributed by atoms with E-state index in [1.165, 1.54) is 5.56 Å². The lowest BCUT2D eigenvalue weighted by Crippen LogP contribution is -2.14. The summed E-state index contributed by atoms with van der Waals surface area (Å²) in [6, 6.07) is 5.13. The number of hydrogen-bond donors (Lipinski definition) is 1. The molecule has 0 aliphatic carbocycles. The first-order valence-electron chi connectivity index (χ1n) is 7.62.